The lowest BCUT2D eigenvalue weighted by Gasteiger charge is -2.34. The zero-order valence-corrected chi connectivity index (χ0v) is 20.7. The van der Waals surface area contributed by atoms with Crippen molar-refractivity contribution < 1.29 is 43.9 Å². The molecule has 3 atom stereocenters. The molecule has 1 saturated heterocycles. The number of hydrogen-bond donors (Lipinski definition) is 5. The van der Waals surface area contributed by atoms with Gasteiger partial charge in [0.2, 0.25) is 5.91 Å². The first-order valence-corrected chi connectivity index (χ1v) is 12.1. The zero-order valence-electron chi connectivity index (χ0n) is 20.7. The SMILES string of the molecule is CCN1CCN(C(=O)NC(C(=O)N[C@H]2Cc3cccc(C(=O)O)c3OB2O)C(C)CCCO)C(=O)C1=O. The van der Waals surface area contributed by atoms with Crippen LogP contribution in [-0.4, -0.2) is 100 Å². The van der Waals surface area contributed by atoms with Gasteiger partial charge >= 0.3 is 30.9 Å². The van der Waals surface area contributed by atoms with Crippen LogP contribution in [0.25, 0.3) is 0 Å². The van der Waals surface area contributed by atoms with Gasteiger partial charge < -0.3 is 35.4 Å². The van der Waals surface area contributed by atoms with Gasteiger partial charge in [-0.1, -0.05) is 19.1 Å². The van der Waals surface area contributed by atoms with E-state index in [0.29, 0.717) is 24.9 Å². The van der Waals surface area contributed by atoms with Crippen molar-refractivity contribution in [2.75, 3.05) is 26.2 Å². The number of carboxylic acid groups (broad SMARTS) is 1. The van der Waals surface area contributed by atoms with E-state index in [1.807, 2.05) is 0 Å². The van der Waals surface area contributed by atoms with Crippen LogP contribution < -0.4 is 15.3 Å². The molecule has 37 heavy (non-hydrogen) atoms. The molecule has 2 heterocycles. The fourth-order valence-corrected chi connectivity index (χ4v) is 4.42. The molecule has 0 radical (unpaired) electrons. The Morgan fingerprint density at radius 1 is 1.22 bits per heavy atom. The normalized spacial score (nSPS) is 19.0. The van der Waals surface area contributed by atoms with E-state index < -0.39 is 54.7 Å². The van der Waals surface area contributed by atoms with Gasteiger partial charge in [-0.15, -0.1) is 0 Å². The molecule has 3 rings (SSSR count). The molecule has 0 aliphatic carbocycles. The number of nitrogens with zero attached hydrogens (tertiary/aromatic N) is 2. The number of likely N-dealkylation sites (N-methyl/N-ethyl adjacent to an activating group) is 1. The van der Waals surface area contributed by atoms with Crippen molar-refractivity contribution in [3.05, 3.63) is 29.3 Å². The lowest BCUT2D eigenvalue weighted by atomic mass is 9.72. The molecule has 0 aromatic heterocycles. The molecule has 2 aliphatic rings. The first-order chi connectivity index (χ1) is 17.6. The highest BCUT2D eigenvalue weighted by Gasteiger charge is 2.41. The van der Waals surface area contributed by atoms with E-state index in [1.165, 1.54) is 17.0 Å². The Balaban J connectivity index is 1.75. The number of carboxylic acids is 1. The number of carbonyl (C=O) groups excluding carboxylic acids is 4. The highest BCUT2D eigenvalue weighted by molar-refractivity contribution is 6.47. The number of aliphatic hydroxyl groups excluding tert-OH is 1. The van der Waals surface area contributed by atoms with Gasteiger partial charge in [0.1, 0.15) is 11.8 Å². The monoisotopic (exact) mass is 518 g/mol. The Hall–Kier alpha value is -3.65. The van der Waals surface area contributed by atoms with Crippen molar-refractivity contribution in [3.63, 3.8) is 0 Å². The Bertz CT molecular complexity index is 1070. The van der Waals surface area contributed by atoms with Gasteiger partial charge in [-0.2, -0.15) is 0 Å². The number of aromatic carboxylic acids is 1. The number of aliphatic hydroxyl groups is 1. The molecular formula is C23H31BN4O9. The molecule has 0 bridgehead atoms. The summed E-state index contributed by atoms with van der Waals surface area (Å²) >= 11 is 0. The second kappa shape index (κ2) is 12.1. The van der Waals surface area contributed by atoms with Crippen LogP contribution in [0.1, 0.15) is 42.6 Å². The molecule has 5 N–H and O–H groups in total. The van der Waals surface area contributed by atoms with Crippen molar-refractivity contribution in [1.82, 2.24) is 20.4 Å². The average Bonchev–Trinajstić information content (AvgIpc) is 2.87. The number of urea groups is 1. The maximum absolute atomic E-state index is 13.3. The van der Waals surface area contributed by atoms with E-state index in [9.17, 15) is 39.2 Å². The smallest absolute Gasteiger partial charge is 0.534 e. The number of carbonyl (C=O) groups is 5. The maximum atomic E-state index is 13.3. The van der Waals surface area contributed by atoms with Gasteiger partial charge in [0.15, 0.2) is 0 Å². The molecule has 2 aliphatic heterocycles. The van der Waals surface area contributed by atoms with Crippen LogP contribution in [0, 0.1) is 5.92 Å². The number of piperazine rings is 1. The Kier molecular flexibility index (Phi) is 9.11. The molecular weight excluding hydrogens is 487 g/mol. The fourth-order valence-electron chi connectivity index (χ4n) is 4.42. The van der Waals surface area contributed by atoms with Gasteiger partial charge in [-0.25, -0.2) is 9.59 Å². The van der Waals surface area contributed by atoms with E-state index in [-0.39, 0.29) is 37.4 Å². The first-order valence-electron chi connectivity index (χ1n) is 12.1. The summed E-state index contributed by atoms with van der Waals surface area (Å²) < 4.78 is 5.41. The Morgan fingerprint density at radius 3 is 2.59 bits per heavy atom. The first kappa shape index (κ1) is 27.9. The van der Waals surface area contributed by atoms with Crippen LogP contribution in [0.5, 0.6) is 5.75 Å². The van der Waals surface area contributed by atoms with E-state index in [0.717, 1.165) is 4.90 Å². The summed E-state index contributed by atoms with van der Waals surface area (Å²) in [6.45, 7) is 3.75. The summed E-state index contributed by atoms with van der Waals surface area (Å²) in [6, 6.07) is 2.42. The number of para-hydroxylation sites is 1. The highest BCUT2D eigenvalue weighted by Crippen LogP contribution is 2.30. The largest absolute Gasteiger partial charge is 0.547 e. The van der Waals surface area contributed by atoms with Crippen LogP contribution in [0.2, 0.25) is 0 Å². The molecule has 1 fully saturated rings. The van der Waals surface area contributed by atoms with Gasteiger partial charge in [-0.3, -0.25) is 19.3 Å². The summed E-state index contributed by atoms with van der Waals surface area (Å²) in [5.74, 6) is -5.11. The zero-order chi connectivity index (χ0) is 27.3. The van der Waals surface area contributed by atoms with E-state index in [1.54, 1.807) is 19.9 Å². The van der Waals surface area contributed by atoms with Crippen molar-refractivity contribution in [3.8, 4) is 5.75 Å². The lowest BCUT2D eigenvalue weighted by molar-refractivity contribution is -0.153. The topological polar surface area (TPSA) is 186 Å². The molecule has 14 heteroatoms. The molecule has 2 unspecified atom stereocenters. The number of rotatable bonds is 9. The minimum absolute atomic E-state index is 0.0172. The summed E-state index contributed by atoms with van der Waals surface area (Å²) in [7, 11) is -1.55. The molecule has 5 amide bonds. The van der Waals surface area contributed by atoms with Crippen LogP contribution >= 0.6 is 0 Å². The van der Waals surface area contributed by atoms with Crippen LogP contribution in [0.4, 0.5) is 4.79 Å². The predicted molar refractivity (Wildman–Crippen MR) is 129 cm³/mol. The van der Waals surface area contributed by atoms with Crippen LogP contribution in [0.15, 0.2) is 18.2 Å². The molecule has 0 spiro atoms. The molecule has 1 aromatic rings. The van der Waals surface area contributed by atoms with Crippen LogP contribution in [0.3, 0.4) is 0 Å². The molecule has 1 aromatic carbocycles. The summed E-state index contributed by atoms with van der Waals surface area (Å²) in [5, 5.41) is 34.2. The summed E-state index contributed by atoms with van der Waals surface area (Å²) in [4.78, 5) is 64.4. The number of benzene rings is 1. The minimum Gasteiger partial charge on any atom is -0.534 e. The van der Waals surface area contributed by atoms with Crippen molar-refractivity contribution in [1.29, 1.82) is 0 Å². The van der Waals surface area contributed by atoms with Crippen molar-refractivity contribution in [2.45, 2.75) is 45.1 Å². The molecule has 13 nitrogen and oxygen atoms in total. The summed E-state index contributed by atoms with van der Waals surface area (Å²) in [6.07, 6.45) is 0.787. The lowest BCUT2D eigenvalue weighted by Crippen LogP contribution is -2.63. The summed E-state index contributed by atoms with van der Waals surface area (Å²) in [5.41, 5.74) is 0.355. The highest BCUT2D eigenvalue weighted by atomic mass is 16.5. The maximum Gasteiger partial charge on any atom is 0.547 e. The Labute approximate surface area is 213 Å². The van der Waals surface area contributed by atoms with Gasteiger partial charge in [0.05, 0.1) is 11.5 Å². The van der Waals surface area contributed by atoms with Crippen LogP contribution in [-0.2, 0) is 20.8 Å². The molecule has 200 valence electrons. The van der Waals surface area contributed by atoms with E-state index in [2.05, 4.69) is 10.6 Å². The van der Waals surface area contributed by atoms with Gasteiger partial charge in [0, 0.05) is 26.2 Å². The third kappa shape index (κ3) is 6.20. The third-order valence-corrected chi connectivity index (χ3v) is 6.56. The van der Waals surface area contributed by atoms with Gasteiger partial charge in [-0.05, 0) is 43.7 Å². The second-order valence-electron chi connectivity index (χ2n) is 9.04. The standard InChI is InChI=1S/C23H31BN4O9/c1-3-27-9-10-28(21(32)20(27)31)23(35)26-17(13(2)6-5-11-29)19(30)25-16-12-14-7-4-8-15(22(33)34)18(14)37-24(16)36/h4,7-8,13,16-17,29,36H,3,5-6,9-12H2,1-2H3,(H,25,30)(H,26,35)(H,33,34)/t13?,16-,17?/m0/s1. The van der Waals surface area contributed by atoms with Crippen molar-refractivity contribution in [2.24, 2.45) is 5.92 Å². The number of nitrogens with one attached hydrogen (secondary N) is 2. The average molecular weight is 518 g/mol. The van der Waals surface area contributed by atoms with E-state index >= 15 is 0 Å². The number of hydrogen-bond acceptors (Lipinski definition) is 8. The quantitative estimate of drug-likeness (QED) is 0.202. The number of fused-ring (bicyclic) bond motifs is 1. The van der Waals surface area contributed by atoms with Crippen molar-refractivity contribution >= 4 is 36.8 Å². The molecule has 0 saturated carbocycles. The number of imide groups is 1. The second-order valence-corrected chi connectivity index (χ2v) is 9.04. The fraction of sp³-hybridized carbons (Fsp3) is 0.522. The van der Waals surface area contributed by atoms with E-state index in [4.69, 9.17) is 4.65 Å². The third-order valence-electron chi connectivity index (χ3n) is 6.56. The van der Waals surface area contributed by atoms with Gasteiger partial charge in [0.25, 0.3) is 0 Å². The number of amides is 5. The predicted octanol–water partition coefficient (Wildman–Crippen LogP) is -0.998. The minimum atomic E-state index is -1.55. The Morgan fingerprint density at radius 2 is 1.95 bits per heavy atom.